The molecule has 0 aromatic carbocycles. The largest absolute Gasteiger partial charge is 0.345 e. The molecule has 0 bridgehead atoms. The molecule has 2 N–H and O–H groups in total. The maximum Gasteiger partial charge on any atom is 0.243 e. The number of Topliss-reactive ketones (excluding diaryl/α,β-unsaturated/α-hetero) is 1. The molecule has 1 unspecified atom stereocenters. The normalized spacial score (nSPS) is 24.4. The van der Waals surface area contributed by atoms with Gasteiger partial charge in [-0.1, -0.05) is 6.58 Å². The lowest BCUT2D eigenvalue weighted by molar-refractivity contribution is -0.124. The number of nitrogens with zero attached hydrogens (tertiary/aromatic N) is 1. The van der Waals surface area contributed by atoms with E-state index in [0.717, 1.165) is 13.0 Å². The Labute approximate surface area is 95.9 Å². The lowest BCUT2D eigenvalue weighted by Crippen LogP contribution is -2.48. The number of likely N-dealkylation sites (N-methyl/N-ethyl adjacent to an activating group) is 1. The average molecular weight is 225 g/mol. The van der Waals surface area contributed by atoms with Crippen LogP contribution in [0.25, 0.3) is 0 Å². The van der Waals surface area contributed by atoms with Crippen molar-refractivity contribution in [3.05, 3.63) is 12.7 Å². The van der Waals surface area contributed by atoms with Gasteiger partial charge in [-0.3, -0.25) is 9.59 Å². The number of carbonyl (C=O) groups is 2. The van der Waals surface area contributed by atoms with Crippen molar-refractivity contribution in [1.29, 1.82) is 0 Å². The Kier molecular flexibility index (Phi) is 4.64. The van der Waals surface area contributed by atoms with Crippen LogP contribution in [0.1, 0.15) is 6.42 Å². The molecule has 0 aromatic rings. The summed E-state index contributed by atoms with van der Waals surface area (Å²) in [4.78, 5) is 24.8. The van der Waals surface area contributed by atoms with Crippen molar-refractivity contribution in [2.45, 2.75) is 18.5 Å². The number of carbonyl (C=O) groups excluding carboxylic acids is 2. The Balaban J connectivity index is 2.46. The van der Waals surface area contributed by atoms with E-state index in [1.165, 1.54) is 6.08 Å². The van der Waals surface area contributed by atoms with Crippen molar-refractivity contribution in [3.8, 4) is 0 Å². The molecule has 1 amide bonds. The number of hydrogen-bond donors (Lipinski definition) is 2. The molecule has 0 spiro atoms. The van der Waals surface area contributed by atoms with Crippen molar-refractivity contribution in [2.24, 2.45) is 0 Å². The van der Waals surface area contributed by atoms with E-state index in [0.29, 0.717) is 0 Å². The second kappa shape index (κ2) is 5.77. The van der Waals surface area contributed by atoms with Crippen LogP contribution < -0.4 is 10.6 Å². The minimum absolute atomic E-state index is 0.0198. The zero-order valence-electron chi connectivity index (χ0n) is 9.82. The molecule has 1 fully saturated rings. The molecule has 5 nitrogen and oxygen atoms in total. The average Bonchev–Trinajstić information content (AvgIpc) is 2.74. The Morgan fingerprint density at radius 1 is 1.56 bits per heavy atom. The molecule has 16 heavy (non-hydrogen) atoms. The van der Waals surface area contributed by atoms with Gasteiger partial charge in [-0.05, 0) is 33.1 Å². The van der Waals surface area contributed by atoms with Crippen LogP contribution in [0.3, 0.4) is 0 Å². The third kappa shape index (κ3) is 3.15. The molecular formula is C11H19N3O2. The smallest absolute Gasteiger partial charge is 0.243 e. The zero-order chi connectivity index (χ0) is 12.1. The standard InChI is InChI=1S/C11H19N3O2/c1-4-10(16)13-7-9(15)11-8(14(2)3)5-6-12-11/h4,8,11-12H,1,5-7H2,2-3H3,(H,13,16)/t8?,11-/m1/s1. The molecule has 0 aliphatic carbocycles. The van der Waals surface area contributed by atoms with Gasteiger partial charge in [0.2, 0.25) is 5.91 Å². The molecule has 5 heteroatoms. The summed E-state index contributed by atoms with van der Waals surface area (Å²) in [5.74, 6) is -0.292. The van der Waals surface area contributed by atoms with Gasteiger partial charge >= 0.3 is 0 Å². The molecule has 1 aliphatic heterocycles. The fourth-order valence-electron chi connectivity index (χ4n) is 1.93. The van der Waals surface area contributed by atoms with E-state index in [-0.39, 0.29) is 30.3 Å². The summed E-state index contributed by atoms with van der Waals surface area (Å²) in [6.07, 6.45) is 2.12. The van der Waals surface area contributed by atoms with E-state index in [9.17, 15) is 9.59 Å². The maximum absolute atomic E-state index is 11.8. The van der Waals surface area contributed by atoms with E-state index in [1.807, 2.05) is 19.0 Å². The van der Waals surface area contributed by atoms with Crippen LogP contribution in [0, 0.1) is 0 Å². The predicted molar refractivity (Wildman–Crippen MR) is 62.1 cm³/mol. The third-order valence-electron chi connectivity index (χ3n) is 2.82. The molecule has 0 aromatic heterocycles. The van der Waals surface area contributed by atoms with E-state index in [4.69, 9.17) is 0 Å². The summed E-state index contributed by atoms with van der Waals surface area (Å²) in [6, 6.07) is 0.0354. The highest BCUT2D eigenvalue weighted by Crippen LogP contribution is 2.12. The number of rotatable bonds is 5. The van der Waals surface area contributed by atoms with Crippen LogP contribution in [0.5, 0.6) is 0 Å². The lowest BCUT2D eigenvalue weighted by Gasteiger charge is -2.24. The summed E-state index contributed by atoms with van der Waals surface area (Å²) in [5.41, 5.74) is 0. The summed E-state index contributed by atoms with van der Waals surface area (Å²) in [7, 11) is 3.92. The first-order chi connectivity index (χ1) is 7.56. The van der Waals surface area contributed by atoms with Crippen molar-refractivity contribution < 1.29 is 9.59 Å². The van der Waals surface area contributed by atoms with Crippen LogP contribution >= 0.6 is 0 Å². The number of nitrogens with one attached hydrogen (secondary N) is 2. The van der Waals surface area contributed by atoms with Crippen LogP contribution in [-0.2, 0) is 9.59 Å². The molecule has 1 aliphatic rings. The van der Waals surface area contributed by atoms with Crippen molar-refractivity contribution in [2.75, 3.05) is 27.2 Å². The topological polar surface area (TPSA) is 61.4 Å². The quantitative estimate of drug-likeness (QED) is 0.598. The van der Waals surface area contributed by atoms with Crippen molar-refractivity contribution in [1.82, 2.24) is 15.5 Å². The predicted octanol–water partition coefficient (Wildman–Crippen LogP) is -0.850. The van der Waals surface area contributed by atoms with Crippen LogP contribution in [0.2, 0.25) is 0 Å². The maximum atomic E-state index is 11.8. The monoisotopic (exact) mass is 225 g/mol. The zero-order valence-corrected chi connectivity index (χ0v) is 9.82. The second-order valence-electron chi connectivity index (χ2n) is 4.14. The minimum Gasteiger partial charge on any atom is -0.345 e. The van der Waals surface area contributed by atoms with Crippen molar-refractivity contribution in [3.63, 3.8) is 0 Å². The van der Waals surface area contributed by atoms with E-state index < -0.39 is 0 Å². The van der Waals surface area contributed by atoms with Crippen LogP contribution in [0.4, 0.5) is 0 Å². The highest BCUT2D eigenvalue weighted by molar-refractivity contribution is 5.93. The second-order valence-corrected chi connectivity index (χ2v) is 4.14. The van der Waals surface area contributed by atoms with Gasteiger partial charge < -0.3 is 15.5 Å². The fraction of sp³-hybridized carbons (Fsp3) is 0.636. The summed E-state index contributed by atoms with van der Waals surface area (Å²) < 4.78 is 0. The molecule has 2 atom stereocenters. The van der Waals surface area contributed by atoms with E-state index in [1.54, 1.807) is 0 Å². The number of amides is 1. The van der Waals surface area contributed by atoms with Gasteiger partial charge in [0.25, 0.3) is 0 Å². The van der Waals surface area contributed by atoms with E-state index >= 15 is 0 Å². The SMILES string of the molecule is C=CC(=O)NCC(=O)[C@@H]1NCCC1N(C)C. The van der Waals surface area contributed by atoms with Crippen LogP contribution in [0.15, 0.2) is 12.7 Å². The third-order valence-corrected chi connectivity index (χ3v) is 2.82. The Morgan fingerprint density at radius 3 is 2.81 bits per heavy atom. The molecule has 90 valence electrons. The molecule has 0 saturated carbocycles. The summed E-state index contributed by atoms with van der Waals surface area (Å²) >= 11 is 0. The summed E-state index contributed by atoms with van der Waals surface area (Å²) in [5, 5.41) is 5.66. The lowest BCUT2D eigenvalue weighted by atomic mass is 10.0. The number of hydrogen-bond acceptors (Lipinski definition) is 4. The molecular weight excluding hydrogens is 206 g/mol. The first kappa shape index (κ1) is 12.9. The Morgan fingerprint density at radius 2 is 2.25 bits per heavy atom. The van der Waals surface area contributed by atoms with Gasteiger partial charge in [-0.25, -0.2) is 0 Å². The Bertz CT molecular complexity index is 289. The minimum atomic E-state index is -0.312. The van der Waals surface area contributed by atoms with Gasteiger partial charge in [0.15, 0.2) is 5.78 Å². The first-order valence-electron chi connectivity index (χ1n) is 5.39. The van der Waals surface area contributed by atoms with Gasteiger partial charge in [0, 0.05) is 6.04 Å². The van der Waals surface area contributed by atoms with Gasteiger partial charge in [-0.15, -0.1) is 0 Å². The number of ketones is 1. The molecule has 0 radical (unpaired) electrons. The summed E-state index contributed by atoms with van der Waals surface area (Å²) in [6.45, 7) is 4.24. The Hall–Kier alpha value is -1.20. The fourth-order valence-corrected chi connectivity index (χ4v) is 1.93. The molecule has 1 rings (SSSR count). The van der Waals surface area contributed by atoms with Gasteiger partial charge in [0.05, 0.1) is 12.6 Å². The molecule has 1 heterocycles. The van der Waals surface area contributed by atoms with Crippen LogP contribution in [-0.4, -0.2) is 55.9 Å². The van der Waals surface area contributed by atoms with Gasteiger partial charge in [-0.2, -0.15) is 0 Å². The highest BCUT2D eigenvalue weighted by atomic mass is 16.2. The van der Waals surface area contributed by atoms with E-state index in [2.05, 4.69) is 17.2 Å². The molecule has 1 saturated heterocycles. The van der Waals surface area contributed by atoms with Gasteiger partial charge in [0.1, 0.15) is 0 Å². The first-order valence-corrected chi connectivity index (χ1v) is 5.39. The highest BCUT2D eigenvalue weighted by Gasteiger charge is 2.33. The van der Waals surface area contributed by atoms with Crippen molar-refractivity contribution >= 4 is 11.7 Å².